The summed E-state index contributed by atoms with van der Waals surface area (Å²) in [4.78, 5) is 10.6. The molecule has 0 N–H and O–H groups in total. The van der Waals surface area contributed by atoms with Crippen molar-refractivity contribution in [1.82, 2.24) is 0 Å². The smallest absolute Gasteiger partial charge is 0.248 e. The summed E-state index contributed by atoms with van der Waals surface area (Å²) < 4.78 is 30.0. The molecule has 0 spiro atoms. The topological polar surface area (TPSA) is 26.3 Å². The summed E-state index contributed by atoms with van der Waals surface area (Å²) in [6.45, 7) is 0.732. The van der Waals surface area contributed by atoms with Gasteiger partial charge in [-0.15, -0.1) is 0 Å². The van der Waals surface area contributed by atoms with E-state index in [0.717, 1.165) is 6.92 Å². The number of aldehydes is 1. The molecule has 0 amide bonds. The second-order valence-electron chi connectivity index (χ2n) is 3.32. The molecule has 0 bridgehead atoms. The molecule has 4 heteroatoms. The molecule has 0 fully saturated rings. The SMILES string of the molecule is CC(F)(F)CCOc1ccccc1C=O. The van der Waals surface area contributed by atoms with E-state index in [2.05, 4.69) is 0 Å². The predicted molar refractivity (Wildman–Crippen MR) is 52.6 cm³/mol. The molecule has 0 heterocycles. The van der Waals surface area contributed by atoms with Crippen molar-refractivity contribution < 1.29 is 18.3 Å². The van der Waals surface area contributed by atoms with Crippen molar-refractivity contribution in [1.29, 1.82) is 0 Å². The maximum Gasteiger partial charge on any atom is 0.248 e. The monoisotopic (exact) mass is 214 g/mol. The Morgan fingerprint density at radius 2 is 2.07 bits per heavy atom. The largest absolute Gasteiger partial charge is 0.493 e. The number of benzene rings is 1. The third kappa shape index (κ3) is 4.06. The van der Waals surface area contributed by atoms with Crippen LogP contribution >= 0.6 is 0 Å². The quantitative estimate of drug-likeness (QED) is 0.704. The fourth-order valence-electron chi connectivity index (χ4n) is 1.05. The zero-order valence-corrected chi connectivity index (χ0v) is 8.37. The molecule has 0 aliphatic rings. The molecule has 0 aromatic heterocycles. The molecule has 1 aromatic carbocycles. The Morgan fingerprint density at radius 3 is 2.67 bits per heavy atom. The van der Waals surface area contributed by atoms with E-state index in [1.54, 1.807) is 24.3 Å². The highest BCUT2D eigenvalue weighted by Crippen LogP contribution is 2.19. The number of ether oxygens (including phenoxy) is 1. The number of alkyl halides is 2. The molecule has 82 valence electrons. The van der Waals surface area contributed by atoms with Crippen molar-refractivity contribution in [2.45, 2.75) is 19.3 Å². The van der Waals surface area contributed by atoms with Crippen LogP contribution < -0.4 is 4.74 Å². The highest BCUT2D eigenvalue weighted by atomic mass is 19.3. The molecule has 0 unspecified atom stereocenters. The van der Waals surface area contributed by atoms with E-state index in [0.29, 0.717) is 17.6 Å². The van der Waals surface area contributed by atoms with E-state index in [1.165, 1.54) is 0 Å². The molecule has 15 heavy (non-hydrogen) atoms. The maximum atomic E-state index is 12.5. The lowest BCUT2D eigenvalue weighted by Gasteiger charge is -2.11. The fraction of sp³-hybridized carbons (Fsp3) is 0.364. The highest BCUT2D eigenvalue weighted by Gasteiger charge is 2.20. The van der Waals surface area contributed by atoms with Crippen LogP contribution in [-0.4, -0.2) is 18.8 Å². The Balaban J connectivity index is 2.54. The van der Waals surface area contributed by atoms with Crippen LogP contribution in [0.1, 0.15) is 23.7 Å². The number of hydrogen-bond acceptors (Lipinski definition) is 2. The van der Waals surface area contributed by atoms with E-state index >= 15 is 0 Å². The van der Waals surface area contributed by atoms with Gasteiger partial charge in [-0.2, -0.15) is 0 Å². The van der Waals surface area contributed by atoms with Crippen molar-refractivity contribution in [3.05, 3.63) is 29.8 Å². The van der Waals surface area contributed by atoms with E-state index in [4.69, 9.17) is 4.74 Å². The lowest BCUT2D eigenvalue weighted by molar-refractivity contribution is 0.000835. The second-order valence-corrected chi connectivity index (χ2v) is 3.32. The van der Waals surface area contributed by atoms with Gasteiger partial charge in [-0.1, -0.05) is 12.1 Å². The van der Waals surface area contributed by atoms with Crippen LogP contribution in [0.5, 0.6) is 5.75 Å². The van der Waals surface area contributed by atoms with Gasteiger partial charge in [0.1, 0.15) is 5.75 Å². The number of rotatable bonds is 5. The molecular formula is C11H12F2O2. The van der Waals surface area contributed by atoms with Crippen LogP contribution in [0.4, 0.5) is 8.78 Å². The number of para-hydroxylation sites is 1. The number of carbonyl (C=O) groups is 1. The van der Waals surface area contributed by atoms with Crippen molar-refractivity contribution in [3.8, 4) is 5.75 Å². The van der Waals surface area contributed by atoms with Crippen molar-refractivity contribution in [3.63, 3.8) is 0 Å². The first-order chi connectivity index (χ1) is 7.03. The van der Waals surface area contributed by atoms with Gasteiger partial charge in [-0.25, -0.2) is 8.78 Å². The zero-order valence-electron chi connectivity index (χ0n) is 8.37. The minimum atomic E-state index is -2.74. The Hall–Kier alpha value is -1.45. The van der Waals surface area contributed by atoms with E-state index in [-0.39, 0.29) is 13.0 Å². The first-order valence-electron chi connectivity index (χ1n) is 4.58. The molecule has 0 atom stereocenters. The fourth-order valence-corrected chi connectivity index (χ4v) is 1.05. The van der Waals surface area contributed by atoms with Crippen molar-refractivity contribution >= 4 is 6.29 Å². The van der Waals surface area contributed by atoms with Gasteiger partial charge in [0.15, 0.2) is 6.29 Å². The van der Waals surface area contributed by atoms with Crippen molar-refractivity contribution in [2.24, 2.45) is 0 Å². The Bertz CT molecular complexity index is 332. The average Bonchev–Trinajstić information content (AvgIpc) is 2.16. The minimum absolute atomic E-state index is 0.103. The van der Waals surface area contributed by atoms with Gasteiger partial charge in [0, 0.05) is 6.42 Å². The summed E-state index contributed by atoms with van der Waals surface area (Å²) in [6, 6.07) is 6.53. The van der Waals surface area contributed by atoms with Gasteiger partial charge in [0.05, 0.1) is 12.2 Å². The molecule has 0 saturated carbocycles. The van der Waals surface area contributed by atoms with Gasteiger partial charge >= 0.3 is 0 Å². The molecule has 0 aliphatic carbocycles. The summed E-state index contributed by atoms with van der Waals surface area (Å²) in [5, 5.41) is 0. The summed E-state index contributed by atoms with van der Waals surface area (Å²) in [6.07, 6.45) is 0.277. The van der Waals surface area contributed by atoms with Gasteiger partial charge < -0.3 is 4.74 Å². The van der Waals surface area contributed by atoms with Crippen LogP contribution in [-0.2, 0) is 0 Å². The van der Waals surface area contributed by atoms with Crippen LogP contribution in [0.2, 0.25) is 0 Å². The lowest BCUT2D eigenvalue weighted by Crippen LogP contribution is -2.15. The maximum absolute atomic E-state index is 12.5. The molecule has 2 nitrogen and oxygen atoms in total. The molecular weight excluding hydrogens is 202 g/mol. The highest BCUT2D eigenvalue weighted by molar-refractivity contribution is 5.79. The lowest BCUT2D eigenvalue weighted by atomic mass is 10.2. The normalized spacial score (nSPS) is 11.1. The predicted octanol–water partition coefficient (Wildman–Crippen LogP) is 2.92. The van der Waals surface area contributed by atoms with Crippen LogP contribution in [0, 0.1) is 0 Å². The first kappa shape index (κ1) is 11.6. The summed E-state index contributed by atoms with van der Waals surface area (Å²) >= 11 is 0. The van der Waals surface area contributed by atoms with Crippen LogP contribution in [0.15, 0.2) is 24.3 Å². The van der Waals surface area contributed by atoms with Crippen LogP contribution in [0.25, 0.3) is 0 Å². The molecule has 0 aliphatic heterocycles. The third-order valence-electron chi connectivity index (χ3n) is 1.84. The van der Waals surface area contributed by atoms with Gasteiger partial charge in [-0.3, -0.25) is 4.79 Å². The molecule has 1 rings (SSSR count). The van der Waals surface area contributed by atoms with E-state index in [1.807, 2.05) is 0 Å². The number of hydrogen-bond donors (Lipinski definition) is 0. The van der Waals surface area contributed by atoms with E-state index < -0.39 is 5.92 Å². The average molecular weight is 214 g/mol. The third-order valence-corrected chi connectivity index (χ3v) is 1.84. The summed E-state index contributed by atoms with van der Waals surface area (Å²) in [5.41, 5.74) is 0.372. The number of halogens is 2. The summed E-state index contributed by atoms with van der Waals surface area (Å²) in [7, 11) is 0. The first-order valence-corrected chi connectivity index (χ1v) is 4.58. The molecule has 1 aromatic rings. The van der Waals surface area contributed by atoms with Crippen LogP contribution in [0.3, 0.4) is 0 Å². The Morgan fingerprint density at radius 1 is 1.40 bits per heavy atom. The number of carbonyl (C=O) groups excluding carboxylic acids is 1. The van der Waals surface area contributed by atoms with Crippen molar-refractivity contribution in [2.75, 3.05) is 6.61 Å². The van der Waals surface area contributed by atoms with Gasteiger partial charge in [0.25, 0.3) is 0 Å². The van der Waals surface area contributed by atoms with Gasteiger partial charge in [-0.05, 0) is 19.1 Å². The zero-order chi connectivity index (χ0) is 11.3. The molecule has 0 radical (unpaired) electrons. The Labute approximate surface area is 86.9 Å². The standard InChI is InChI=1S/C11H12F2O2/c1-11(12,13)6-7-15-10-5-3-2-4-9(10)8-14/h2-5,8H,6-7H2,1H3. The molecule has 0 saturated heterocycles. The van der Waals surface area contributed by atoms with E-state index in [9.17, 15) is 13.6 Å². The Kier molecular flexibility index (Phi) is 3.77. The van der Waals surface area contributed by atoms with Gasteiger partial charge in [0.2, 0.25) is 5.92 Å². The summed E-state index contributed by atoms with van der Waals surface area (Å²) in [5.74, 6) is -2.40. The second kappa shape index (κ2) is 4.87. The minimum Gasteiger partial charge on any atom is -0.493 e.